The summed E-state index contributed by atoms with van der Waals surface area (Å²) in [5, 5.41) is 12.0. The minimum Gasteiger partial charge on any atom is -0.466 e. The predicted molar refractivity (Wildman–Crippen MR) is 86.6 cm³/mol. The molecule has 1 amide bonds. The van der Waals surface area contributed by atoms with Crippen LogP contribution in [0.4, 0.5) is 5.69 Å². The topological polar surface area (TPSA) is 97.3 Å². The van der Waals surface area contributed by atoms with E-state index in [2.05, 4.69) is 21.2 Å². The van der Waals surface area contributed by atoms with Crippen molar-refractivity contribution in [2.45, 2.75) is 0 Å². The molecule has 0 saturated carbocycles. The fourth-order valence-corrected chi connectivity index (χ4v) is 2.95. The molecule has 0 atom stereocenters. The highest BCUT2D eigenvalue weighted by molar-refractivity contribution is 9.10. The minimum atomic E-state index is -0.604. The fourth-order valence-electron chi connectivity index (χ4n) is 2.54. The second-order valence-electron chi connectivity index (χ2n) is 5.08. The van der Waals surface area contributed by atoms with Crippen LogP contribution in [0.3, 0.4) is 0 Å². The molecule has 1 aromatic rings. The smallest absolute Gasteiger partial charge is 0.337 e. The summed E-state index contributed by atoms with van der Waals surface area (Å²) in [6, 6.07) is 3.49. The molecule has 128 valence electrons. The van der Waals surface area contributed by atoms with Crippen molar-refractivity contribution in [1.82, 2.24) is 4.90 Å². The van der Waals surface area contributed by atoms with Crippen molar-refractivity contribution in [2.75, 3.05) is 38.9 Å². The molecule has 0 saturated heterocycles. The zero-order chi connectivity index (χ0) is 17.3. The van der Waals surface area contributed by atoms with Crippen molar-refractivity contribution in [3.05, 3.63) is 27.9 Å². The standard InChI is InChI=1S/C15H15BrN2O6/c1-22-15(21)8-6-18(4-5-19)14(20)11(8)17-12-9(16)2-3-10-13(12)24-7-23-10/h2-3,17,19H,4-7H2,1H3. The third-order valence-corrected chi connectivity index (χ3v) is 4.35. The van der Waals surface area contributed by atoms with Gasteiger partial charge in [0.15, 0.2) is 11.5 Å². The number of nitrogens with one attached hydrogen (secondary N) is 1. The Balaban J connectivity index is 1.99. The van der Waals surface area contributed by atoms with Gasteiger partial charge in [-0.15, -0.1) is 0 Å². The van der Waals surface area contributed by atoms with Gasteiger partial charge in [0, 0.05) is 11.0 Å². The third kappa shape index (κ3) is 2.80. The molecule has 2 N–H and O–H groups in total. The number of halogens is 1. The Labute approximate surface area is 146 Å². The van der Waals surface area contributed by atoms with Gasteiger partial charge in [-0.25, -0.2) is 4.79 Å². The molecule has 0 fully saturated rings. The number of aliphatic hydroxyl groups excluding tert-OH is 1. The van der Waals surface area contributed by atoms with E-state index in [4.69, 9.17) is 19.3 Å². The number of rotatable bonds is 5. The number of anilines is 1. The SMILES string of the molecule is COC(=O)C1=C(Nc2c(Br)ccc3c2OCO3)C(=O)N(CCO)C1. The molecule has 2 heterocycles. The van der Waals surface area contributed by atoms with Gasteiger partial charge in [-0.05, 0) is 28.1 Å². The van der Waals surface area contributed by atoms with Crippen LogP contribution in [0.1, 0.15) is 0 Å². The average molecular weight is 399 g/mol. The van der Waals surface area contributed by atoms with E-state index in [0.717, 1.165) is 0 Å². The van der Waals surface area contributed by atoms with Crippen molar-refractivity contribution >= 4 is 33.5 Å². The van der Waals surface area contributed by atoms with Crippen LogP contribution in [0.25, 0.3) is 0 Å². The Morgan fingerprint density at radius 3 is 2.96 bits per heavy atom. The molecule has 2 aliphatic heterocycles. The van der Waals surface area contributed by atoms with Crippen LogP contribution in [0.5, 0.6) is 11.5 Å². The van der Waals surface area contributed by atoms with Gasteiger partial charge >= 0.3 is 5.97 Å². The number of carbonyl (C=O) groups is 2. The maximum Gasteiger partial charge on any atom is 0.337 e. The number of esters is 1. The van der Waals surface area contributed by atoms with Crippen molar-refractivity contribution in [3.8, 4) is 11.5 Å². The summed E-state index contributed by atoms with van der Waals surface area (Å²) in [5.74, 6) is -0.00639. The molecule has 0 unspecified atom stereocenters. The van der Waals surface area contributed by atoms with Gasteiger partial charge in [-0.3, -0.25) is 4.79 Å². The molecule has 0 aromatic heterocycles. The summed E-state index contributed by atoms with van der Waals surface area (Å²) < 4.78 is 16.2. The molecule has 3 rings (SSSR count). The van der Waals surface area contributed by atoms with Crippen LogP contribution >= 0.6 is 15.9 Å². The second kappa shape index (κ2) is 6.70. The average Bonchev–Trinajstić information content (AvgIpc) is 3.16. The first kappa shape index (κ1) is 16.6. The quantitative estimate of drug-likeness (QED) is 0.709. The number of aliphatic hydroxyl groups is 1. The number of β-amino-alcohol motifs (C(OH)–C–C–N with tert-alkyl or cyclic N) is 1. The lowest BCUT2D eigenvalue weighted by Crippen LogP contribution is -2.31. The van der Waals surface area contributed by atoms with E-state index >= 15 is 0 Å². The number of hydrogen-bond donors (Lipinski definition) is 2. The number of benzene rings is 1. The summed E-state index contributed by atoms with van der Waals surface area (Å²) >= 11 is 3.40. The van der Waals surface area contributed by atoms with E-state index in [1.165, 1.54) is 12.0 Å². The van der Waals surface area contributed by atoms with E-state index in [1.54, 1.807) is 12.1 Å². The third-order valence-electron chi connectivity index (χ3n) is 3.69. The van der Waals surface area contributed by atoms with Gasteiger partial charge in [0.1, 0.15) is 5.70 Å². The van der Waals surface area contributed by atoms with E-state index in [0.29, 0.717) is 21.7 Å². The maximum absolute atomic E-state index is 12.5. The molecule has 0 bridgehead atoms. The zero-order valence-electron chi connectivity index (χ0n) is 12.8. The summed E-state index contributed by atoms with van der Waals surface area (Å²) in [4.78, 5) is 25.9. The van der Waals surface area contributed by atoms with Crippen molar-refractivity contribution in [2.24, 2.45) is 0 Å². The van der Waals surface area contributed by atoms with Crippen LogP contribution in [0, 0.1) is 0 Å². The molecular formula is C15H15BrN2O6. The fraction of sp³-hybridized carbons (Fsp3) is 0.333. The zero-order valence-corrected chi connectivity index (χ0v) is 14.4. The van der Waals surface area contributed by atoms with Crippen LogP contribution in [0.15, 0.2) is 27.9 Å². The lowest BCUT2D eigenvalue weighted by atomic mass is 10.2. The number of hydrogen-bond acceptors (Lipinski definition) is 7. The lowest BCUT2D eigenvalue weighted by Gasteiger charge is -2.16. The highest BCUT2D eigenvalue weighted by Crippen LogP contribution is 2.44. The van der Waals surface area contributed by atoms with Crippen molar-refractivity contribution < 1.29 is 28.9 Å². The molecule has 0 aliphatic carbocycles. The Morgan fingerprint density at radius 1 is 1.46 bits per heavy atom. The number of amides is 1. The van der Waals surface area contributed by atoms with E-state index in [9.17, 15) is 9.59 Å². The largest absolute Gasteiger partial charge is 0.466 e. The summed E-state index contributed by atoms with van der Waals surface area (Å²) in [6.45, 7) is 0.0688. The van der Waals surface area contributed by atoms with Crippen LogP contribution in [-0.2, 0) is 14.3 Å². The molecular weight excluding hydrogens is 384 g/mol. The number of nitrogens with zero attached hydrogens (tertiary/aromatic N) is 1. The lowest BCUT2D eigenvalue weighted by molar-refractivity contribution is -0.136. The second-order valence-corrected chi connectivity index (χ2v) is 5.93. The Hall–Kier alpha value is -2.26. The number of methoxy groups -OCH3 is 1. The van der Waals surface area contributed by atoms with Gasteiger partial charge in [-0.1, -0.05) is 0 Å². The first-order valence-corrected chi connectivity index (χ1v) is 7.92. The Bertz CT molecular complexity index is 733. The monoisotopic (exact) mass is 398 g/mol. The molecule has 8 nitrogen and oxygen atoms in total. The maximum atomic E-state index is 12.5. The normalized spacial score (nSPS) is 16.0. The first-order chi connectivity index (χ1) is 11.6. The van der Waals surface area contributed by atoms with Gasteiger partial charge in [0.2, 0.25) is 6.79 Å². The van der Waals surface area contributed by atoms with Crippen LogP contribution in [-0.4, -0.2) is 55.5 Å². The number of fused-ring (bicyclic) bond motifs is 1. The Morgan fingerprint density at radius 2 is 2.25 bits per heavy atom. The predicted octanol–water partition coefficient (Wildman–Crippen LogP) is 0.851. The van der Waals surface area contributed by atoms with E-state index in [-0.39, 0.29) is 37.8 Å². The molecule has 0 spiro atoms. The van der Waals surface area contributed by atoms with Crippen LogP contribution < -0.4 is 14.8 Å². The summed E-state index contributed by atoms with van der Waals surface area (Å²) in [6.07, 6.45) is 0. The molecule has 24 heavy (non-hydrogen) atoms. The van der Waals surface area contributed by atoms with Crippen molar-refractivity contribution in [1.29, 1.82) is 0 Å². The van der Waals surface area contributed by atoms with Gasteiger partial charge in [0.25, 0.3) is 5.91 Å². The van der Waals surface area contributed by atoms with E-state index < -0.39 is 11.9 Å². The van der Waals surface area contributed by atoms with Crippen LogP contribution in [0.2, 0.25) is 0 Å². The minimum absolute atomic E-state index is 0.0679. The highest BCUT2D eigenvalue weighted by atomic mass is 79.9. The highest BCUT2D eigenvalue weighted by Gasteiger charge is 2.35. The van der Waals surface area contributed by atoms with Gasteiger partial charge in [-0.2, -0.15) is 0 Å². The molecule has 9 heteroatoms. The summed E-state index contributed by atoms with van der Waals surface area (Å²) in [5.41, 5.74) is 0.778. The molecule has 0 radical (unpaired) electrons. The van der Waals surface area contributed by atoms with Gasteiger partial charge in [0.05, 0.1) is 31.5 Å². The van der Waals surface area contributed by atoms with Crippen molar-refractivity contribution in [3.63, 3.8) is 0 Å². The van der Waals surface area contributed by atoms with E-state index in [1.807, 2.05) is 0 Å². The Kier molecular flexibility index (Phi) is 4.63. The number of ether oxygens (including phenoxy) is 3. The summed E-state index contributed by atoms with van der Waals surface area (Å²) in [7, 11) is 1.25. The number of carbonyl (C=O) groups excluding carboxylic acids is 2. The van der Waals surface area contributed by atoms with Gasteiger partial charge < -0.3 is 29.5 Å². The molecule has 1 aromatic carbocycles. The molecule has 2 aliphatic rings. The first-order valence-electron chi connectivity index (χ1n) is 7.13.